The van der Waals surface area contributed by atoms with Crippen LogP contribution in [-0.4, -0.2) is 19.1 Å². The molecule has 1 N–H and O–H groups in total. The van der Waals surface area contributed by atoms with Crippen molar-refractivity contribution in [3.63, 3.8) is 0 Å². The Labute approximate surface area is 101 Å². The van der Waals surface area contributed by atoms with Crippen LogP contribution < -0.4 is 0 Å². The van der Waals surface area contributed by atoms with Gasteiger partial charge in [-0.2, -0.15) is 0 Å². The lowest BCUT2D eigenvalue weighted by atomic mass is 10.1. The Kier molecular flexibility index (Phi) is 3.79. The van der Waals surface area contributed by atoms with Gasteiger partial charge in [-0.1, -0.05) is 37.2 Å². The second-order valence-corrected chi connectivity index (χ2v) is 9.68. The third kappa shape index (κ3) is 3.73. The number of rotatable bonds is 1. The highest BCUT2D eigenvalue weighted by molar-refractivity contribution is 6.83. The molecule has 0 aliphatic rings. The molecule has 4 heteroatoms. The third-order valence-corrected chi connectivity index (χ3v) is 2.89. The standard InChI is InChI=1S/C12H13ClO2Si/c1-16(2,3)7-6-9-4-5-10(13)8-11(9)12(14)15/h4-5,8H,1-3H3,(H,14,15). The highest BCUT2D eigenvalue weighted by Crippen LogP contribution is 2.15. The minimum absolute atomic E-state index is 0.165. The molecule has 1 aromatic carbocycles. The van der Waals surface area contributed by atoms with Crippen LogP contribution in [0.15, 0.2) is 18.2 Å². The molecule has 0 aliphatic carbocycles. The van der Waals surface area contributed by atoms with E-state index in [-0.39, 0.29) is 5.56 Å². The van der Waals surface area contributed by atoms with E-state index in [9.17, 15) is 4.79 Å². The Morgan fingerprint density at radius 1 is 1.38 bits per heavy atom. The summed E-state index contributed by atoms with van der Waals surface area (Å²) in [5.41, 5.74) is 3.83. The van der Waals surface area contributed by atoms with Crippen molar-refractivity contribution < 1.29 is 9.90 Å². The molecule has 0 unspecified atom stereocenters. The Morgan fingerprint density at radius 3 is 2.50 bits per heavy atom. The summed E-state index contributed by atoms with van der Waals surface area (Å²) in [6.45, 7) is 6.32. The normalized spacial score (nSPS) is 10.5. The van der Waals surface area contributed by atoms with Crippen LogP contribution in [0.4, 0.5) is 0 Å². The molecule has 0 heterocycles. The molecule has 0 aliphatic heterocycles. The maximum Gasteiger partial charge on any atom is 0.337 e. The van der Waals surface area contributed by atoms with E-state index in [1.54, 1.807) is 12.1 Å². The van der Waals surface area contributed by atoms with Crippen molar-refractivity contribution in [1.82, 2.24) is 0 Å². The molecule has 2 nitrogen and oxygen atoms in total. The summed E-state index contributed by atoms with van der Waals surface area (Å²) in [5, 5.41) is 9.42. The number of benzene rings is 1. The van der Waals surface area contributed by atoms with Gasteiger partial charge in [0, 0.05) is 10.6 Å². The van der Waals surface area contributed by atoms with Crippen LogP contribution in [0.2, 0.25) is 24.7 Å². The first-order valence-corrected chi connectivity index (χ1v) is 8.73. The highest BCUT2D eigenvalue weighted by atomic mass is 35.5. The van der Waals surface area contributed by atoms with Gasteiger partial charge in [0.2, 0.25) is 0 Å². The minimum Gasteiger partial charge on any atom is -0.478 e. The van der Waals surface area contributed by atoms with E-state index >= 15 is 0 Å². The molecule has 0 radical (unpaired) electrons. The molecule has 0 aromatic heterocycles. The quantitative estimate of drug-likeness (QED) is 0.615. The second-order valence-electron chi connectivity index (χ2n) is 4.50. The van der Waals surface area contributed by atoms with Crippen molar-refractivity contribution in [3.8, 4) is 11.5 Å². The van der Waals surface area contributed by atoms with Gasteiger partial charge < -0.3 is 5.11 Å². The van der Waals surface area contributed by atoms with Crippen LogP contribution in [0.25, 0.3) is 0 Å². The second kappa shape index (κ2) is 4.73. The SMILES string of the molecule is C[Si](C)(C)C#Cc1ccc(Cl)cc1C(=O)O. The molecular weight excluding hydrogens is 240 g/mol. The maximum atomic E-state index is 11.0. The topological polar surface area (TPSA) is 37.3 Å². The average Bonchev–Trinajstić information content (AvgIpc) is 2.14. The first-order chi connectivity index (χ1) is 7.29. The molecule has 0 atom stereocenters. The monoisotopic (exact) mass is 252 g/mol. The van der Waals surface area contributed by atoms with Gasteiger partial charge in [0.05, 0.1) is 5.56 Å². The van der Waals surface area contributed by atoms with E-state index in [2.05, 4.69) is 31.1 Å². The molecule has 0 saturated carbocycles. The molecule has 0 amide bonds. The lowest BCUT2D eigenvalue weighted by Crippen LogP contribution is -2.16. The summed E-state index contributed by atoms with van der Waals surface area (Å²) in [6.07, 6.45) is 0. The van der Waals surface area contributed by atoms with Gasteiger partial charge in [0.25, 0.3) is 0 Å². The van der Waals surface area contributed by atoms with Crippen molar-refractivity contribution >= 4 is 25.6 Å². The van der Waals surface area contributed by atoms with Crippen molar-refractivity contribution in [2.24, 2.45) is 0 Å². The molecular formula is C12H13ClO2Si. The van der Waals surface area contributed by atoms with Gasteiger partial charge in [-0.25, -0.2) is 4.79 Å². The zero-order valence-electron chi connectivity index (χ0n) is 9.47. The van der Waals surface area contributed by atoms with Crippen LogP contribution in [0.3, 0.4) is 0 Å². The summed E-state index contributed by atoms with van der Waals surface area (Å²) in [4.78, 5) is 11.0. The molecule has 0 saturated heterocycles. The van der Waals surface area contributed by atoms with Gasteiger partial charge in [-0.05, 0) is 18.2 Å². The average molecular weight is 253 g/mol. The third-order valence-electron chi connectivity index (χ3n) is 1.78. The largest absolute Gasteiger partial charge is 0.478 e. The van der Waals surface area contributed by atoms with E-state index in [4.69, 9.17) is 16.7 Å². The minimum atomic E-state index is -1.50. The van der Waals surface area contributed by atoms with Gasteiger partial charge in [0.1, 0.15) is 8.07 Å². The van der Waals surface area contributed by atoms with Crippen LogP contribution in [0.5, 0.6) is 0 Å². The molecule has 0 fully saturated rings. The zero-order valence-corrected chi connectivity index (χ0v) is 11.2. The first kappa shape index (κ1) is 12.8. The predicted molar refractivity (Wildman–Crippen MR) is 68.6 cm³/mol. The number of carboxylic acid groups (broad SMARTS) is 1. The van der Waals surface area contributed by atoms with Crippen molar-refractivity contribution in [2.45, 2.75) is 19.6 Å². The molecule has 0 spiro atoms. The number of aromatic carboxylic acids is 1. The first-order valence-electron chi connectivity index (χ1n) is 4.85. The van der Waals surface area contributed by atoms with E-state index in [0.29, 0.717) is 10.6 Å². The van der Waals surface area contributed by atoms with Gasteiger partial charge >= 0.3 is 5.97 Å². The number of hydrogen-bond acceptors (Lipinski definition) is 1. The predicted octanol–water partition coefficient (Wildman–Crippen LogP) is 3.27. The van der Waals surface area contributed by atoms with E-state index in [0.717, 1.165) is 0 Å². The fourth-order valence-electron chi connectivity index (χ4n) is 1.06. The number of carbonyl (C=O) groups is 1. The number of carboxylic acids is 1. The summed E-state index contributed by atoms with van der Waals surface area (Å²) in [6, 6.07) is 4.74. The zero-order chi connectivity index (χ0) is 12.3. The molecule has 1 rings (SSSR count). The number of halogens is 1. The fraction of sp³-hybridized carbons (Fsp3) is 0.250. The summed E-state index contributed by atoms with van der Waals surface area (Å²) < 4.78 is 0. The smallest absolute Gasteiger partial charge is 0.337 e. The van der Waals surface area contributed by atoms with Crippen molar-refractivity contribution in [3.05, 3.63) is 34.3 Å². The Morgan fingerprint density at radius 2 is 2.00 bits per heavy atom. The van der Waals surface area contributed by atoms with Crippen LogP contribution in [0, 0.1) is 11.5 Å². The van der Waals surface area contributed by atoms with E-state index in [1.807, 2.05) is 0 Å². The molecule has 1 aromatic rings. The lowest BCUT2D eigenvalue weighted by molar-refractivity contribution is 0.0696. The van der Waals surface area contributed by atoms with Crippen LogP contribution in [-0.2, 0) is 0 Å². The van der Waals surface area contributed by atoms with E-state index < -0.39 is 14.0 Å². The highest BCUT2D eigenvalue weighted by Gasteiger charge is 2.11. The van der Waals surface area contributed by atoms with Gasteiger partial charge in [-0.15, -0.1) is 5.54 Å². The fourth-order valence-corrected chi connectivity index (χ4v) is 1.74. The molecule has 84 valence electrons. The van der Waals surface area contributed by atoms with Crippen molar-refractivity contribution in [1.29, 1.82) is 0 Å². The summed E-state index contributed by atoms with van der Waals surface area (Å²) in [5.74, 6) is 1.94. The molecule has 16 heavy (non-hydrogen) atoms. The van der Waals surface area contributed by atoms with Crippen LogP contribution >= 0.6 is 11.6 Å². The lowest BCUT2D eigenvalue weighted by Gasteiger charge is -2.04. The Bertz CT molecular complexity index is 478. The number of hydrogen-bond donors (Lipinski definition) is 1. The van der Waals surface area contributed by atoms with E-state index in [1.165, 1.54) is 6.07 Å². The van der Waals surface area contributed by atoms with Gasteiger partial charge in [0.15, 0.2) is 0 Å². The molecule has 0 bridgehead atoms. The summed E-state index contributed by atoms with van der Waals surface area (Å²) in [7, 11) is -1.50. The Balaban J connectivity index is 3.23. The van der Waals surface area contributed by atoms with Crippen LogP contribution in [0.1, 0.15) is 15.9 Å². The van der Waals surface area contributed by atoms with Crippen molar-refractivity contribution in [2.75, 3.05) is 0 Å². The summed E-state index contributed by atoms with van der Waals surface area (Å²) >= 11 is 5.75. The van der Waals surface area contributed by atoms with Gasteiger partial charge in [-0.3, -0.25) is 0 Å². The maximum absolute atomic E-state index is 11.0. The Hall–Kier alpha value is -1.24.